The lowest BCUT2D eigenvalue weighted by Gasteiger charge is -2.16. The number of nitrogens with zero attached hydrogens (tertiary/aromatic N) is 1. The van der Waals surface area contributed by atoms with Gasteiger partial charge in [-0.15, -0.1) is 0 Å². The van der Waals surface area contributed by atoms with Gasteiger partial charge in [0, 0.05) is 17.6 Å². The molecule has 0 fully saturated rings. The lowest BCUT2D eigenvalue weighted by atomic mass is 10.1. The fourth-order valence-electron chi connectivity index (χ4n) is 2.30. The fraction of sp³-hybridized carbons (Fsp3) is 0.278. The molecule has 0 heterocycles. The Bertz CT molecular complexity index is 646. The molecule has 0 atom stereocenters. The van der Waals surface area contributed by atoms with Crippen LogP contribution in [0.2, 0.25) is 0 Å². The second-order valence-electron chi connectivity index (χ2n) is 5.49. The molecule has 0 aliphatic carbocycles. The zero-order chi connectivity index (χ0) is 16.7. The van der Waals surface area contributed by atoms with Crippen LogP contribution in [0, 0.1) is 5.82 Å². The Kier molecular flexibility index (Phi) is 6.74. The van der Waals surface area contributed by atoms with Crippen LogP contribution < -0.4 is 5.32 Å². The first-order valence-corrected chi connectivity index (χ1v) is 8.27. The third-order valence-corrected chi connectivity index (χ3v) is 3.98. The van der Waals surface area contributed by atoms with Crippen molar-refractivity contribution in [2.45, 2.75) is 13.0 Å². The summed E-state index contributed by atoms with van der Waals surface area (Å²) >= 11 is 3.40. The first kappa shape index (κ1) is 17.6. The molecule has 0 saturated heterocycles. The molecule has 1 amide bonds. The van der Waals surface area contributed by atoms with E-state index in [-0.39, 0.29) is 11.7 Å². The van der Waals surface area contributed by atoms with Gasteiger partial charge in [-0.1, -0.05) is 46.3 Å². The average Bonchev–Trinajstić information content (AvgIpc) is 2.51. The van der Waals surface area contributed by atoms with Gasteiger partial charge in [0.2, 0.25) is 5.91 Å². The highest BCUT2D eigenvalue weighted by atomic mass is 79.9. The third kappa shape index (κ3) is 6.12. The molecule has 0 radical (unpaired) electrons. The molecule has 1 N–H and O–H groups in total. The molecule has 0 saturated carbocycles. The predicted molar refractivity (Wildman–Crippen MR) is 93.6 cm³/mol. The van der Waals surface area contributed by atoms with Gasteiger partial charge in [-0.3, -0.25) is 9.69 Å². The first-order valence-electron chi connectivity index (χ1n) is 7.47. The van der Waals surface area contributed by atoms with Crippen molar-refractivity contribution in [1.82, 2.24) is 10.2 Å². The van der Waals surface area contributed by atoms with Gasteiger partial charge in [-0.25, -0.2) is 4.39 Å². The number of benzene rings is 2. The highest BCUT2D eigenvalue weighted by Crippen LogP contribution is 2.11. The summed E-state index contributed by atoms with van der Waals surface area (Å²) in [5.41, 5.74) is 1.77. The normalized spacial score (nSPS) is 10.8. The number of amides is 1. The minimum atomic E-state index is -0.228. The second kappa shape index (κ2) is 8.79. The zero-order valence-electron chi connectivity index (χ0n) is 13.1. The van der Waals surface area contributed by atoms with Crippen LogP contribution in [0.25, 0.3) is 0 Å². The van der Waals surface area contributed by atoms with E-state index in [1.165, 1.54) is 6.07 Å². The van der Waals surface area contributed by atoms with E-state index in [0.29, 0.717) is 31.6 Å². The maximum Gasteiger partial charge on any atom is 0.234 e. The molecule has 122 valence electrons. The molecule has 0 aromatic heterocycles. The molecule has 23 heavy (non-hydrogen) atoms. The number of nitrogens with one attached hydrogen (secondary N) is 1. The minimum absolute atomic E-state index is 0.0547. The maximum atomic E-state index is 13.5. The van der Waals surface area contributed by atoms with Gasteiger partial charge in [-0.2, -0.15) is 0 Å². The van der Waals surface area contributed by atoms with Crippen molar-refractivity contribution in [2.24, 2.45) is 0 Å². The van der Waals surface area contributed by atoms with Crippen molar-refractivity contribution in [3.05, 3.63) is 69.9 Å². The van der Waals surface area contributed by atoms with E-state index in [9.17, 15) is 9.18 Å². The van der Waals surface area contributed by atoms with E-state index in [1.807, 2.05) is 36.2 Å². The van der Waals surface area contributed by atoms with Crippen LogP contribution in [-0.2, 0) is 17.8 Å². The average molecular weight is 379 g/mol. The molecule has 2 aromatic carbocycles. The smallest absolute Gasteiger partial charge is 0.234 e. The van der Waals surface area contributed by atoms with Crippen molar-refractivity contribution in [2.75, 3.05) is 20.1 Å². The Balaban J connectivity index is 1.71. The van der Waals surface area contributed by atoms with Gasteiger partial charge in [0.05, 0.1) is 6.54 Å². The number of hydrogen-bond donors (Lipinski definition) is 1. The maximum absolute atomic E-state index is 13.5. The van der Waals surface area contributed by atoms with Crippen LogP contribution in [0.4, 0.5) is 4.39 Å². The largest absolute Gasteiger partial charge is 0.355 e. The Morgan fingerprint density at radius 3 is 2.57 bits per heavy atom. The Morgan fingerprint density at radius 1 is 1.17 bits per heavy atom. The number of hydrogen-bond acceptors (Lipinski definition) is 2. The standard InChI is InChI=1S/C18H20BrFN2O/c1-22(12-14-6-8-16(19)9-7-14)13-18(23)21-11-10-15-4-2-3-5-17(15)20/h2-9H,10-13H2,1H3,(H,21,23). The summed E-state index contributed by atoms with van der Waals surface area (Å²) in [6.07, 6.45) is 0.495. The van der Waals surface area contributed by atoms with Gasteiger partial charge < -0.3 is 5.32 Å². The van der Waals surface area contributed by atoms with Crippen molar-refractivity contribution < 1.29 is 9.18 Å². The molecule has 2 rings (SSSR count). The molecule has 2 aromatic rings. The second-order valence-corrected chi connectivity index (χ2v) is 6.41. The van der Waals surface area contributed by atoms with Crippen LogP contribution in [0.3, 0.4) is 0 Å². The first-order chi connectivity index (χ1) is 11.0. The lowest BCUT2D eigenvalue weighted by molar-refractivity contribution is -0.122. The topological polar surface area (TPSA) is 32.3 Å². The van der Waals surface area contributed by atoms with Crippen LogP contribution in [0.5, 0.6) is 0 Å². The van der Waals surface area contributed by atoms with Crippen LogP contribution in [0.15, 0.2) is 53.0 Å². The summed E-state index contributed by atoms with van der Waals surface area (Å²) in [6, 6.07) is 14.6. The molecule has 0 aliphatic rings. The van der Waals surface area contributed by atoms with Gasteiger partial charge in [-0.05, 0) is 42.8 Å². The van der Waals surface area contributed by atoms with Gasteiger partial charge in [0.1, 0.15) is 5.82 Å². The monoisotopic (exact) mass is 378 g/mol. The summed E-state index contributed by atoms with van der Waals surface area (Å²) in [7, 11) is 1.90. The molecule has 5 heteroatoms. The predicted octanol–water partition coefficient (Wildman–Crippen LogP) is 3.38. The van der Waals surface area contributed by atoms with Gasteiger partial charge >= 0.3 is 0 Å². The molecule has 3 nitrogen and oxygen atoms in total. The minimum Gasteiger partial charge on any atom is -0.355 e. The van der Waals surface area contributed by atoms with E-state index >= 15 is 0 Å². The quantitative estimate of drug-likeness (QED) is 0.800. The highest BCUT2D eigenvalue weighted by Gasteiger charge is 2.07. The number of halogens is 2. The Hall–Kier alpha value is -1.72. The van der Waals surface area contributed by atoms with E-state index < -0.39 is 0 Å². The van der Waals surface area contributed by atoms with E-state index in [1.54, 1.807) is 18.2 Å². The number of rotatable bonds is 7. The Labute approximate surface area is 144 Å². The molecule has 0 unspecified atom stereocenters. The van der Waals surface area contributed by atoms with Crippen LogP contribution in [-0.4, -0.2) is 30.9 Å². The molecular formula is C18H20BrFN2O. The van der Waals surface area contributed by atoms with Gasteiger partial charge in [0.15, 0.2) is 0 Å². The molecular weight excluding hydrogens is 359 g/mol. The van der Waals surface area contributed by atoms with Crippen LogP contribution >= 0.6 is 15.9 Å². The van der Waals surface area contributed by atoms with E-state index in [2.05, 4.69) is 21.2 Å². The van der Waals surface area contributed by atoms with Crippen molar-refractivity contribution in [3.63, 3.8) is 0 Å². The third-order valence-electron chi connectivity index (χ3n) is 3.45. The molecule has 0 aliphatic heterocycles. The summed E-state index contributed by atoms with van der Waals surface area (Å²) in [5.74, 6) is -0.282. The van der Waals surface area contributed by atoms with Crippen LogP contribution in [0.1, 0.15) is 11.1 Å². The molecule has 0 bridgehead atoms. The SMILES string of the molecule is CN(CC(=O)NCCc1ccccc1F)Cc1ccc(Br)cc1. The fourth-order valence-corrected chi connectivity index (χ4v) is 2.56. The number of carbonyl (C=O) groups is 1. The van der Waals surface area contributed by atoms with Crippen molar-refractivity contribution in [3.8, 4) is 0 Å². The summed E-state index contributed by atoms with van der Waals surface area (Å²) in [5, 5.41) is 2.83. The van der Waals surface area contributed by atoms with Crippen molar-refractivity contribution >= 4 is 21.8 Å². The number of likely N-dealkylation sites (N-methyl/N-ethyl adjacent to an activating group) is 1. The zero-order valence-corrected chi connectivity index (χ0v) is 14.6. The Morgan fingerprint density at radius 2 is 1.87 bits per heavy atom. The molecule has 0 spiro atoms. The highest BCUT2D eigenvalue weighted by molar-refractivity contribution is 9.10. The number of carbonyl (C=O) groups excluding carboxylic acids is 1. The summed E-state index contributed by atoms with van der Waals surface area (Å²) in [6.45, 7) is 1.45. The summed E-state index contributed by atoms with van der Waals surface area (Å²) < 4.78 is 14.5. The van der Waals surface area contributed by atoms with Gasteiger partial charge in [0.25, 0.3) is 0 Å². The van der Waals surface area contributed by atoms with E-state index in [0.717, 1.165) is 10.0 Å². The summed E-state index contributed by atoms with van der Waals surface area (Å²) in [4.78, 5) is 13.9. The van der Waals surface area contributed by atoms with E-state index in [4.69, 9.17) is 0 Å². The van der Waals surface area contributed by atoms with Crippen molar-refractivity contribution in [1.29, 1.82) is 0 Å². The lowest BCUT2D eigenvalue weighted by Crippen LogP contribution is -2.35.